The summed E-state index contributed by atoms with van der Waals surface area (Å²) < 4.78 is 0. The quantitative estimate of drug-likeness (QED) is 0.844. The van der Waals surface area contributed by atoms with Crippen LogP contribution in [0.5, 0.6) is 0 Å². The number of nitrogens with one attached hydrogen (secondary N) is 1. The van der Waals surface area contributed by atoms with Gasteiger partial charge in [-0.25, -0.2) is 0 Å². The van der Waals surface area contributed by atoms with E-state index in [2.05, 4.69) is 12.2 Å². The Morgan fingerprint density at radius 2 is 2.00 bits per heavy atom. The molecule has 0 aromatic heterocycles. The number of amides is 1. The lowest BCUT2D eigenvalue weighted by atomic mass is 10.2. The maximum absolute atomic E-state index is 11.8. The summed E-state index contributed by atoms with van der Waals surface area (Å²) in [5.74, 6) is 0.920. The molecule has 0 aliphatic heterocycles. The summed E-state index contributed by atoms with van der Waals surface area (Å²) in [7, 11) is 3.95. The molecule has 1 amide bonds. The molecule has 1 aliphatic carbocycles. The van der Waals surface area contributed by atoms with Crippen LogP contribution in [0.25, 0.3) is 0 Å². The van der Waals surface area contributed by atoms with Gasteiger partial charge < -0.3 is 10.2 Å². The minimum atomic E-state index is 0.154. The van der Waals surface area contributed by atoms with E-state index in [-0.39, 0.29) is 11.8 Å². The third-order valence-electron chi connectivity index (χ3n) is 3.09. The Morgan fingerprint density at radius 1 is 1.38 bits per heavy atom. The molecule has 2 unspecified atom stereocenters. The van der Waals surface area contributed by atoms with Crippen LogP contribution in [0.4, 0.5) is 11.4 Å². The van der Waals surface area contributed by atoms with Gasteiger partial charge in [-0.3, -0.25) is 4.79 Å². The SMILES string of the molecule is CC1CC1C(=O)Nc1ccccc1N(C)C. The summed E-state index contributed by atoms with van der Waals surface area (Å²) >= 11 is 0. The normalized spacial score (nSPS) is 22.7. The van der Waals surface area contributed by atoms with E-state index in [1.54, 1.807) is 0 Å². The van der Waals surface area contributed by atoms with Gasteiger partial charge in [0, 0.05) is 20.0 Å². The summed E-state index contributed by atoms with van der Waals surface area (Å²) in [4.78, 5) is 13.8. The Labute approximate surface area is 96.5 Å². The first kappa shape index (κ1) is 11.0. The Hall–Kier alpha value is -1.51. The molecule has 0 saturated heterocycles. The first-order chi connectivity index (χ1) is 7.59. The highest BCUT2D eigenvalue weighted by molar-refractivity contribution is 5.97. The van der Waals surface area contributed by atoms with E-state index in [1.807, 2.05) is 43.3 Å². The van der Waals surface area contributed by atoms with Gasteiger partial charge in [0.1, 0.15) is 0 Å². The van der Waals surface area contributed by atoms with Gasteiger partial charge in [0.05, 0.1) is 11.4 Å². The molecule has 2 rings (SSSR count). The molecule has 0 radical (unpaired) electrons. The first-order valence-corrected chi connectivity index (χ1v) is 5.67. The standard InChI is InChI=1S/C13H18N2O/c1-9-8-10(9)13(16)14-11-6-4-5-7-12(11)15(2)3/h4-7,9-10H,8H2,1-3H3,(H,14,16). The predicted octanol–water partition coefficient (Wildman–Crippen LogP) is 2.35. The van der Waals surface area contributed by atoms with Crippen LogP contribution in [0.1, 0.15) is 13.3 Å². The van der Waals surface area contributed by atoms with Crippen LogP contribution in [0.2, 0.25) is 0 Å². The largest absolute Gasteiger partial charge is 0.376 e. The van der Waals surface area contributed by atoms with Crippen molar-refractivity contribution in [1.29, 1.82) is 0 Å². The minimum Gasteiger partial charge on any atom is -0.376 e. The fourth-order valence-electron chi connectivity index (χ4n) is 1.88. The average molecular weight is 218 g/mol. The fourth-order valence-corrected chi connectivity index (χ4v) is 1.88. The maximum atomic E-state index is 11.8. The van der Waals surface area contributed by atoms with Crippen LogP contribution in [0.15, 0.2) is 24.3 Å². The lowest BCUT2D eigenvalue weighted by molar-refractivity contribution is -0.117. The van der Waals surface area contributed by atoms with Gasteiger partial charge in [-0.1, -0.05) is 19.1 Å². The zero-order valence-corrected chi connectivity index (χ0v) is 10.0. The summed E-state index contributed by atoms with van der Waals surface area (Å²) in [6.07, 6.45) is 1.02. The molecular formula is C13H18N2O. The van der Waals surface area contributed by atoms with E-state index in [1.165, 1.54) is 0 Å². The molecule has 1 saturated carbocycles. The molecule has 2 atom stereocenters. The molecule has 1 N–H and O–H groups in total. The van der Waals surface area contributed by atoms with Crippen LogP contribution in [-0.2, 0) is 4.79 Å². The Morgan fingerprint density at radius 3 is 2.56 bits per heavy atom. The maximum Gasteiger partial charge on any atom is 0.227 e. The number of nitrogens with zero attached hydrogens (tertiary/aromatic N) is 1. The molecule has 1 aromatic rings. The number of rotatable bonds is 3. The topological polar surface area (TPSA) is 32.3 Å². The van der Waals surface area contributed by atoms with Gasteiger partial charge in [0.2, 0.25) is 5.91 Å². The molecular weight excluding hydrogens is 200 g/mol. The van der Waals surface area contributed by atoms with Crippen molar-refractivity contribution in [3.8, 4) is 0 Å². The van der Waals surface area contributed by atoms with Crippen LogP contribution < -0.4 is 10.2 Å². The van der Waals surface area contributed by atoms with Gasteiger partial charge in [-0.2, -0.15) is 0 Å². The third-order valence-corrected chi connectivity index (χ3v) is 3.09. The molecule has 1 aliphatic rings. The lowest BCUT2D eigenvalue weighted by Crippen LogP contribution is -2.18. The Balaban J connectivity index is 2.11. The summed E-state index contributed by atoms with van der Waals surface area (Å²) in [6.45, 7) is 2.11. The average Bonchev–Trinajstić information content (AvgIpc) is 2.96. The van der Waals surface area contributed by atoms with Crippen LogP contribution in [0.3, 0.4) is 0 Å². The molecule has 0 spiro atoms. The summed E-state index contributed by atoms with van der Waals surface area (Å²) in [6, 6.07) is 7.87. The van der Waals surface area contributed by atoms with Gasteiger partial charge in [-0.05, 0) is 24.5 Å². The fraction of sp³-hybridized carbons (Fsp3) is 0.462. The van der Waals surface area contributed by atoms with Gasteiger partial charge in [-0.15, -0.1) is 0 Å². The van der Waals surface area contributed by atoms with Crippen molar-refractivity contribution < 1.29 is 4.79 Å². The molecule has 16 heavy (non-hydrogen) atoms. The van der Waals surface area contributed by atoms with E-state index >= 15 is 0 Å². The Kier molecular flexibility index (Phi) is 2.86. The number of anilines is 2. The zero-order valence-electron chi connectivity index (χ0n) is 10.0. The number of carbonyl (C=O) groups excluding carboxylic acids is 1. The van der Waals surface area contributed by atoms with Gasteiger partial charge in [0.15, 0.2) is 0 Å². The minimum absolute atomic E-state index is 0.154. The highest BCUT2D eigenvalue weighted by Crippen LogP contribution is 2.39. The highest BCUT2D eigenvalue weighted by Gasteiger charge is 2.39. The number of hydrogen-bond acceptors (Lipinski definition) is 2. The smallest absolute Gasteiger partial charge is 0.227 e. The molecule has 1 fully saturated rings. The number of para-hydroxylation sites is 2. The van der Waals surface area contributed by atoms with Crippen molar-refractivity contribution in [2.45, 2.75) is 13.3 Å². The predicted molar refractivity (Wildman–Crippen MR) is 66.7 cm³/mol. The highest BCUT2D eigenvalue weighted by atomic mass is 16.2. The number of hydrogen-bond donors (Lipinski definition) is 1. The molecule has 3 heteroatoms. The number of carbonyl (C=O) groups is 1. The van der Waals surface area contributed by atoms with E-state index in [0.29, 0.717) is 5.92 Å². The molecule has 0 bridgehead atoms. The van der Waals surface area contributed by atoms with E-state index in [4.69, 9.17) is 0 Å². The second-order valence-corrected chi connectivity index (χ2v) is 4.72. The first-order valence-electron chi connectivity index (χ1n) is 5.67. The van der Waals surface area contributed by atoms with Gasteiger partial charge >= 0.3 is 0 Å². The monoisotopic (exact) mass is 218 g/mol. The van der Waals surface area contributed by atoms with Crippen molar-refractivity contribution >= 4 is 17.3 Å². The van der Waals surface area contributed by atoms with Gasteiger partial charge in [0.25, 0.3) is 0 Å². The zero-order chi connectivity index (χ0) is 11.7. The van der Waals surface area contributed by atoms with E-state index in [0.717, 1.165) is 17.8 Å². The van der Waals surface area contributed by atoms with Crippen LogP contribution >= 0.6 is 0 Å². The Bertz CT molecular complexity index is 401. The summed E-state index contributed by atoms with van der Waals surface area (Å²) in [5, 5.41) is 3.00. The van der Waals surface area contributed by atoms with Crippen LogP contribution in [0, 0.1) is 11.8 Å². The van der Waals surface area contributed by atoms with Crippen molar-refractivity contribution in [1.82, 2.24) is 0 Å². The second kappa shape index (κ2) is 4.16. The molecule has 1 aromatic carbocycles. The molecule has 3 nitrogen and oxygen atoms in total. The lowest BCUT2D eigenvalue weighted by Gasteiger charge is -2.17. The van der Waals surface area contributed by atoms with Crippen molar-refractivity contribution in [2.75, 3.05) is 24.3 Å². The van der Waals surface area contributed by atoms with Crippen molar-refractivity contribution in [3.63, 3.8) is 0 Å². The van der Waals surface area contributed by atoms with E-state index < -0.39 is 0 Å². The molecule has 86 valence electrons. The third kappa shape index (κ3) is 2.18. The van der Waals surface area contributed by atoms with Crippen molar-refractivity contribution in [2.24, 2.45) is 11.8 Å². The van der Waals surface area contributed by atoms with Crippen molar-refractivity contribution in [3.05, 3.63) is 24.3 Å². The molecule has 0 heterocycles. The van der Waals surface area contributed by atoms with E-state index in [9.17, 15) is 4.79 Å². The summed E-state index contributed by atoms with van der Waals surface area (Å²) in [5.41, 5.74) is 1.95. The number of benzene rings is 1. The second-order valence-electron chi connectivity index (χ2n) is 4.72. The van der Waals surface area contributed by atoms with Crippen LogP contribution in [-0.4, -0.2) is 20.0 Å².